The molecule has 0 saturated heterocycles. The zero-order valence-electron chi connectivity index (χ0n) is 10.5. The van der Waals surface area contributed by atoms with E-state index in [1.807, 2.05) is 12.1 Å². The molecule has 0 aliphatic heterocycles. The van der Waals surface area contributed by atoms with E-state index in [0.29, 0.717) is 0 Å². The van der Waals surface area contributed by atoms with Crippen molar-refractivity contribution in [1.82, 2.24) is 0 Å². The van der Waals surface area contributed by atoms with Crippen LogP contribution < -0.4 is 0 Å². The summed E-state index contributed by atoms with van der Waals surface area (Å²) in [6.07, 6.45) is 0. The summed E-state index contributed by atoms with van der Waals surface area (Å²) in [5.74, 6) is 0. The zero-order valence-corrected chi connectivity index (χ0v) is 14.4. The molecule has 0 aromatic heterocycles. The Labute approximate surface area is 140 Å². The lowest BCUT2D eigenvalue weighted by Gasteiger charge is -2.15. The highest BCUT2D eigenvalue weighted by molar-refractivity contribution is 9.10. The van der Waals surface area contributed by atoms with E-state index in [1.54, 1.807) is 0 Å². The van der Waals surface area contributed by atoms with Gasteiger partial charge in [-0.1, -0.05) is 85.9 Å². The first-order valence-corrected chi connectivity index (χ1v) is 8.32. The topological polar surface area (TPSA) is 0 Å². The molecule has 3 aromatic carbocycles. The van der Waals surface area contributed by atoms with Crippen LogP contribution in [-0.2, 0) is 0 Å². The molecule has 0 N–H and O–H groups in total. The summed E-state index contributed by atoms with van der Waals surface area (Å²) >= 11 is 13.6. The molecule has 0 fully saturated rings. The fourth-order valence-corrected chi connectivity index (χ4v) is 3.86. The molecule has 0 aliphatic carbocycles. The second-order valence-electron chi connectivity index (χ2n) is 4.60. The standard InChI is InChI=1S/C17H11Br2Cl/c18-12-8-9-16(20)15(10-12)17(19)14-7-3-5-11-4-1-2-6-13(11)14/h1-10,17H. The molecular formula is C17H11Br2Cl. The fourth-order valence-electron chi connectivity index (χ4n) is 2.35. The molecule has 3 rings (SSSR count). The summed E-state index contributed by atoms with van der Waals surface area (Å²) in [6.45, 7) is 0. The van der Waals surface area contributed by atoms with Gasteiger partial charge in [0.25, 0.3) is 0 Å². The van der Waals surface area contributed by atoms with Crippen LogP contribution in [0.3, 0.4) is 0 Å². The third-order valence-corrected chi connectivity index (χ3v) is 5.15. The lowest BCUT2D eigenvalue weighted by molar-refractivity contribution is 1.19. The van der Waals surface area contributed by atoms with Gasteiger partial charge in [-0.15, -0.1) is 0 Å². The van der Waals surface area contributed by atoms with E-state index in [0.717, 1.165) is 15.1 Å². The number of fused-ring (bicyclic) bond motifs is 1. The van der Waals surface area contributed by atoms with E-state index in [1.165, 1.54) is 16.3 Å². The van der Waals surface area contributed by atoms with E-state index in [4.69, 9.17) is 11.6 Å². The number of hydrogen-bond donors (Lipinski definition) is 0. The average molecular weight is 411 g/mol. The molecule has 0 nitrogen and oxygen atoms in total. The van der Waals surface area contributed by atoms with Crippen LogP contribution in [0.1, 0.15) is 16.0 Å². The molecule has 1 atom stereocenters. The van der Waals surface area contributed by atoms with Gasteiger partial charge < -0.3 is 0 Å². The Balaban J connectivity index is 2.17. The van der Waals surface area contributed by atoms with Gasteiger partial charge in [-0.3, -0.25) is 0 Å². The van der Waals surface area contributed by atoms with Crippen LogP contribution >= 0.6 is 43.5 Å². The van der Waals surface area contributed by atoms with Crippen molar-refractivity contribution in [3.05, 3.63) is 81.3 Å². The van der Waals surface area contributed by atoms with E-state index >= 15 is 0 Å². The molecule has 20 heavy (non-hydrogen) atoms. The van der Waals surface area contributed by atoms with Gasteiger partial charge in [-0.25, -0.2) is 0 Å². The Morgan fingerprint density at radius 2 is 1.60 bits per heavy atom. The molecule has 1 unspecified atom stereocenters. The molecule has 0 heterocycles. The summed E-state index contributed by atoms with van der Waals surface area (Å²) in [7, 11) is 0. The van der Waals surface area contributed by atoms with Crippen molar-refractivity contribution in [3.63, 3.8) is 0 Å². The molecule has 3 aromatic rings. The molecule has 100 valence electrons. The first-order valence-electron chi connectivity index (χ1n) is 6.23. The molecular weight excluding hydrogens is 399 g/mol. The quantitative estimate of drug-likeness (QED) is 0.410. The first kappa shape index (κ1) is 14.1. The predicted molar refractivity (Wildman–Crippen MR) is 93.9 cm³/mol. The minimum Gasteiger partial charge on any atom is -0.0840 e. The molecule has 0 bridgehead atoms. The van der Waals surface area contributed by atoms with Gasteiger partial charge in [0.2, 0.25) is 0 Å². The van der Waals surface area contributed by atoms with Gasteiger partial charge in [-0.05, 0) is 40.1 Å². The third-order valence-electron chi connectivity index (χ3n) is 3.33. The SMILES string of the molecule is Clc1ccc(Br)cc1C(Br)c1cccc2ccccc12. The summed E-state index contributed by atoms with van der Waals surface area (Å²) in [5, 5.41) is 3.25. The molecule has 0 radical (unpaired) electrons. The highest BCUT2D eigenvalue weighted by atomic mass is 79.9. The van der Waals surface area contributed by atoms with Crippen molar-refractivity contribution in [1.29, 1.82) is 0 Å². The maximum absolute atomic E-state index is 6.34. The maximum atomic E-state index is 6.34. The van der Waals surface area contributed by atoms with E-state index in [9.17, 15) is 0 Å². The van der Waals surface area contributed by atoms with Crippen LogP contribution in [-0.4, -0.2) is 0 Å². The molecule has 3 heteroatoms. The van der Waals surface area contributed by atoms with Gasteiger partial charge in [0.1, 0.15) is 0 Å². The smallest absolute Gasteiger partial charge is 0.0665 e. The van der Waals surface area contributed by atoms with Gasteiger partial charge >= 0.3 is 0 Å². The van der Waals surface area contributed by atoms with Crippen LogP contribution in [0.5, 0.6) is 0 Å². The Hall–Kier alpha value is -0.830. The van der Waals surface area contributed by atoms with Gasteiger partial charge in [0.05, 0.1) is 4.83 Å². The van der Waals surface area contributed by atoms with Crippen molar-refractivity contribution in [2.45, 2.75) is 4.83 Å². The zero-order chi connectivity index (χ0) is 14.1. The molecule has 0 spiro atoms. The Kier molecular flexibility index (Phi) is 4.16. The highest BCUT2D eigenvalue weighted by Crippen LogP contribution is 2.39. The Bertz CT molecular complexity index is 763. The van der Waals surface area contributed by atoms with Crippen LogP contribution in [0.2, 0.25) is 5.02 Å². The summed E-state index contributed by atoms with van der Waals surface area (Å²) in [6, 6.07) is 20.7. The lowest BCUT2D eigenvalue weighted by atomic mass is 9.98. The Morgan fingerprint density at radius 1 is 0.850 bits per heavy atom. The molecule has 0 amide bonds. The summed E-state index contributed by atoms with van der Waals surface area (Å²) < 4.78 is 1.03. The molecule has 0 aliphatic rings. The van der Waals surface area contributed by atoms with Crippen molar-refractivity contribution in [3.8, 4) is 0 Å². The molecule has 0 saturated carbocycles. The fraction of sp³-hybridized carbons (Fsp3) is 0.0588. The predicted octanol–water partition coefficient (Wildman–Crippen LogP) is 6.74. The van der Waals surface area contributed by atoms with Crippen LogP contribution in [0.15, 0.2) is 65.1 Å². The third kappa shape index (κ3) is 2.65. The second-order valence-corrected chi connectivity index (χ2v) is 6.84. The van der Waals surface area contributed by atoms with Gasteiger partial charge in [0, 0.05) is 9.50 Å². The summed E-state index contributed by atoms with van der Waals surface area (Å²) in [4.78, 5) is 0.0681. The normalized spacial score (nSPS) is 12.6. The van der Waals surface area contributed by atoms with E-state index < -0.39 is 0 Å². The number of hydrogen-bond acceptors (Lipinski definition) is 0. The second kappa shape index (κ2) is 5.88. The van der Waals surface area contributed by atoms with Crippen LogP contribution in [0.4, 0.5) is 0 Å². The van der Waals surface area contributed by atoms with E-state index in [-0.39, 0.29) is 4.83 Å². The monoisotopic (exact) mass is 408 g/mol. The lowest BCUT2D eigenvalue weighted by Crippen LogP contribution is -1.95. The van der Waals surface area contributed by atoms with Crippen LogP contribution in [0, 0.1) is 0 Å². The average Bonchev–Trinajstić information content (AvgIpc) is 2.48. The van der Waals surface area contributed by atoms with Crippen LogP contribution in [0.25, 0.3) is 10.8 Å². The van der Waals surface area contributed by atoms with Crippen molar-refractivity contribution >= 4 is 54.2 Å². The van der Waals surface area contributed by atoms with E-state index in [2.05, 4.69) is 80.4 Å². The largest absolute Gasteiger partial charge is 0.0840 e. The number of alkyl halides is 1. The van der Waals surface area contributed by atoms with Crippen molar-refractivity contribution < 1.29 is 0 Å². The number of rotatable bonds is 2. The Morgan fingerprint density at radius 3 is 2.45 bits per heavy atom. The highest BCUT2D eigenvalue weighted by Gasteiger charge is 2.16. The van der Waals surface area contributed by atoms with Gasteiger partial charge in [0.15, 0.2) is 0 Å². The summed E-state index contributed by atoms with van der Waals surface area (Å²) in [5.41, 5.74) is 2.29. The number of benzene rings is 3. The minimum absolute atomic E-state index is 0.0681. The van der Waals surface area contributed by atoms with Crippen molar-refractivity contribution in [2.24, 2.45) is 0 Å². The minimum atomic E-state index is 0.0681. The number of halogens is 3. The first-order chi connectivity index (χ1) is 9.66. The van der Waals surface area contributed by atoms with Gasteiger partial charge in [-0.2, -0.15) is 0 Å². The maximum Gasteiger partial charge on any atom is 0.0665 e. The van der Waals surface area contributed by atoms with Crippen molar-refractivity contribution in [2.75, 3.05) is 0 Å².